The van der Waals surface area contributed by atoms with Crippen LogP contribution in [0.3, 0.4) is 0 Å². The zero-order chi connectivity index (χ0) is 10.3. The van der Waals surface area contributed by atoms with Crippen molar-refractivity contribution in [1.82, 2.24) is 0 Å². The molecule has 0 fully saturated rings. The van der Waals surface area contributed by atoms with E-state index in [4.69, 9.17) is 4.42 Å². The van der Waals surface area contributed by atoms with E-state index in [1.165, 1.54) is 6.07 Å². The summed E-state index contributed by atoms with van der Waals surface area (Å²) in [4.78, 5) is 22.2. The van der Waals surface area contributed by atoms with Crippen LogP contribution >= 0.6 is 0 Å². The standard InChI is InChI=1S/C10H10O4/c1-5-2-10(13)14-9-4-8(12)7(11)3-6(5)9/h2,7,11H,3-4H2,1H3. The van der Waals surface area contributed by atoms with Gasteiger partial charge in [0.25, 0.3) is 0 Å². The minimum atomic E-state index is -0.950. The molecule has 1 aliphatic rings. The predicted molar refractivity (Wildman–Crippen MR) is 48.1 cm³/mol. The lowest BCUT2D eigenvalue weighted by Crippen LogP contribution is -2.31. The Morgan fingerprint density at radius 2 is 2.21 bits per heavy atom. The van der Waals surface area contributed by atoms with Crippen molar-refractivity contribution in [1.29, 1.82) is 0 Å². The molecule has 1 heterocycles. The molecule has 1 N–H and O–H groups in total. The van der Waals surface area contributed by atoms with Gasteiger partial charge in [0, 0.05) is 12.5 Å². The number of hydrogen-bond donors (Lipinski definition) is 1. The van der Waals surface area contributed by atoms with Gasteiger partial charge in [-0.15, -0.1) is 0 Å². The summed E-state index contributed by atoms with van der Waals surface area (Å²) in [5, 5.41) is 9.35. The number of rotatable bonds is 0. The fraction of sp³-hybridized carbons (Fsp3) is 0.400. The van der Waals surface area contributed by atoms with E-state index < -0.39 is 11.7 Å². The maximum atomic E-state index is 11.2. The lowest BCUT2D eigenvalue weighted by atomic mass is 9.91. The third kappa shape index (κ3) is 1.37. The van der Waals surface area contributed by atoms with E-state index in [1.54, 1.807) is 6.92 Å². The van der Waals surface area contributed by atoms with Crippen molar-refractivity contribution in [3.63, 3.8) is 0 Å². The molecule has 0 spiro atoms. The van der Waals surface area contributed by atoms with Crippen LogP contribution in [0.1, 0.15) is 16.9 Å². The van der Waals surface area contributed by atoms with E-state index in [0.717, 1.165) is 11.1 Å². The first-order chi connectivity index (χ1) is 6.58. The molecule has 1 atom stereocenters. The summed E-state index contributed by atoms with van der Waals surface area (Å²) in [6.45, 7) is 1.78. The van der Waals surface area contributed by atoms with Crippen LogP contribution in [0, 0.1) is 6.92 Å². The number of aliphatic hydroxyl groups excluding tert-OH is 1. The smallest absolute Gasteiger partial charge is 0.336 e. The molecular weight excluding hydrogens is 184 g/mol. The first kappa shape index (κ1) is 9.15. The van der Waals surface area contributed by atoms with Crippen molar-refractivity contribution in [2.24, 2.45) is 0 Å². The molecule has 0 saturated heterocycles. The third-order valence-electron chi connectivity index (χ3n) is 2.47. The highest BCUT2D eigenvalue weighted by atomic mass is 16.4. The Kier molecular flexibility index (Phi) is 2.00. The van der Waals surface area contributed by atoms with Crippen molar-refractivity contribution in [2.75, 3.05) is 0 Å². The van der Waals surface area contributed by atoms with Gasteiger partial charge in [0.2, 0.25) is 0 Å². The summed E-state index contributed by atoms with van der Waals surface area (Å²) in [7, 11) is 0. The largest absolute Gasteiger partial charge is 0.427 e. The molecule has 0 aliphatic heterocycles. The molecule has 0 aromatic carbocycles. The minimum Gasteiger partial charge on any atom is -0.427 e. The zero-order valence-corrected chi connectivity index (χ0v) is 7.74. The van der Waals surface area contributed by atoms with E-state index >= 15 is 0 Å². The maximum Gasteiger partial charge on any atom is 0.336 e. The monoisotopic (exact) mass is 194 g/mol. The minimum absolute atomic E-state index is 0.0212. The fourth-order valence-corrected chi connectivity index (χ4v) is 1.70. The van der Waals surface area contributed by atoms with Crippen molar-refractivity contribution in [3.8, 4) is 0 Å². The number of aliphatic hydroxyl groups is 1. The summed E-state index contributed by atoms with van der Waals surface area (Å²) in [6.07, 6.45) is -0.675. The van der Waals surface area contributed by atoms with Crippen molar-refractivity contribution >= 4 is 5.78 Å². The lowest BCUT2D eigenvalue weighted by molar-refractivity contribution is -0.127. The number of hydrogen-bond acceptors (Lipinski definition) is 4. The third-order valence-corrected chi connectivity index (χ3v) is 2.47. The number of carbonyl (C=O) groups is 1. The van der Waals surface area contributed by atoms with Crippen molar-refractivity contribution in [2.45, 2.75) is 25.9 Å². The van der Waals surface area contributed by atoms with E-state index in [9.17, 15) is 14.7 Å². The molecule has 74 valence electrons. The molecule has 0 amide bonds. The SMILES string of the molecule is Cc1cc(=O)oc2c1CC(O)C(=O)C2. The molecule has 0 saturated carbocycles. The highest BCUT2D eigenvalue weighted by Gasteiger charge is 2.27. The molecule has 2 rings (SSSR count). The van der Waals surface area contributed by atoms with E-state index in [2.05, 4.69) is 0 Å². The van der Waals surface area contributed by atoms with Crippen LogP contribution in [0.25, 0.3) is 0 Å². The highest BCUT2D eigenvalue weighted by molar-refractivity contribution is 5.86. The van der Waals surface area contributed by atoms with Crippen LogP contribution in [0.4, 0.5) is 0 Å². The van der Waals surface area contributed by atoms with Crippen LogP contribution < -0.4 is 5.63 Å². The average molecular weight is 194 g/mol. The Labute approximate surface area is 80.2 Å². The quantitative estimate of drug-likeness (QED) is 0.630. The van der Waals surface area contributed by atoms with Crippen LogP contribution in [-0.4, -0.2) is 17.0 Å². The molecule has 0 radical (unpaired) electrons. The topological polar surface area (TPSA) is 67.5 Å². The van der Waals surface area contributed by atoms with Gasteiger partial charge in [-0.25, -0.2) is 4.79 Å². The number of Topliss-reactive ketones (excluding diaryl/α,β-unsaturated/α-hetero) is 1. The summed E-state index contributed by atoms with van der Waals surface area (Å²) in [5.74, 6) is 0.122. The molecule has 1 unspecified atom stereocenters. The predicted octanol–water partition coefficient (Wildman–Crippen LogP) is -0.0232. The van der Waals surface area contributed by atoms with E-state index in [1.807, 2.05) is 0 Å². The van der Waals surface area contributed by atoms with Gasteiger partial charge in [0.05, 0.1) is 6.42 Å². The molecule has 1 aliphatic carbocycles. The van der Waals surface area contributed by atoms with E-state index in [-0.39, 0.29) is 18.6 Å². The van der Waals surface area contributed by atoms with Gasteiger partial charge in [-0.1, -0.05) is 0 Å². The normalized spacial score (nSPS) is 20.7. The van der Waals surface area contributed by atoms with E-state index in [0.29, 0.717) is 5.76 Å². The van der Waals surface area contributed by atoms with Gasteiger partial charge >= 0.3 is 5.63 Å². The van der Waals surface area contributed by atoms with Gasteiger partial charge in [-0.3, -0.25) is 4.79 Å². The Bertz CT molecular complexity index is 444. The molecule has 0 bridgehead atoms. The Balaban J connectivity index is 2.57. The molecule has 4 heteroatoms. The van der Waals surface area contributed by atoms with Crippen molar-refractivity contribution in [3.05, 3.63) is 33.4 Å². The Hall–Kier alpha value is -1.42. The Morgan fingerprint density at radius 1 is 1.50 bits per heavy atom. The molecule has 1 aromatic heterocycles. The summed E-state index contributed by atoms with van der Waals surface area (Å²) in [6, 6.07) is 1.38. The maximum absolute atomic E-state index is 11.2. The Morgan fingerprint density at radius 3 is 2.93 bits per heavy atom. The van der Waals surface area contributed by atoms with Crippen LogP contribution in [0.15, 0.2) is 15.3 Å². The van der Waals surface area contributed by atoms with Crippen molar-refractivity contribution < 1.29 is 14.3 Å². The number of aryl methyl sites for hydroxylation is 1. The second-order valence-electron chi connectivity index (χ2n) is 3.51. The second kappa shape index (κ2) is 3.06. The highest BCUT2D eigenvalue weighted by Crippen LogP contribution is 2.20. The number of ketones is 1. The number of fused-ring (bicyclic) bond motifs is 1. The van der Waals surface area contributed by atoms with Crippen LogP contribution in [-0.2, 0) is 17.6 Å². The molecule has 4 nitrogen and oxygen atoms in total. The lowest BCUT2D eigenvalue weighted by Gasteiger charge is -2.19. The fourth-order valence-electron chi connectivity index (χ4n) is 1.70. The van der Waals surface area contributed by atoms with Gasteiger partial charge in [-0.2, -0.15) is 0 Å². The molecule has 1 aromatic rings. The summed E-state index contributed by atoms with van der Waals surface area (Å²) >= 11 is 0. The van der Waals surface area contributed by atoms with Gasteiger partial charge in [0.15, 0.2) is 5.78 Å². The molecule has 14 heavy (non-hydrogen) atoms. The number of carbonyl (C=O) groups excluding carboxylic acids is 1. The average Bonchev–Trinajstić information content (AvgIpc) is 2.08. The summed E-state index contributed by atoms with van der Waals surface area (Å²) < 4.78 is 4.91. The van der Waals surface area contributed by atoms with Gasteiger partial charge < -0.3 is 9.52 Å². The van der Waals surface area contributed by atoms with Gasteiger partial charge in [-0.05, 0) is 18.1 Å². The van der Waals surface area contributed by atoms with Crippen LogP contribution in [0.5, 0.6) is 0 Å². The molecular formula is C10H10O4. The van der Waals surface area contributed by atoms with Gasteiger partial charge in [0.1, 0.15) is 11.9 Å². The second-order valence-corrected chi connectivity index (χ2v) is 3.51. The zero-order valence-electron chi connectivity index (χ0n) is 7.74. The van der Waals surface area contributed by atoms with Crippen LogP contribution in [0.2, 0.25) is 0 Å². The summed E-state index contributed by atoms with van der Waals surface area (Å²) in [5.41, 5.74) is 1.13. The first-order valence-corrected chi connectivity index (χ1v) is 4.41. The first-order valence-electron chi connectivity index (χ1n) is 4.41.